The van der Waals surface area contributed by atoms with Crippen LogP contribution in [0.3, 0.4) is 0 Å². The molecular formula is C20H26N2O3S. The van der Waals surface area contributed by atoms with Crippen LogP contribution in [-0.4, -0.2) is 29.9 Å². The predicted octanol–water partition coefficient (Wildman–Crippen LogP) is 4.47. The molecule has 0 radical (unpaired) electrons. The zero-order valence-electron chi connectivity index (χ0n) is 16.1. The van der Waals surface area contributed by atoms with Crippen molar-refractivity contribution >= 4 is 29.4 Å². The summed E-state index contributed by atoms with van der Waals surface area (Å²) in [5, 5.41) is 3.50. The quantitative estimate of drug-likeness (QED) is 0.848. The number of amides is 2. The highest BCUT2D eigenvalue weighted by molar-refractivity contribution is 8.03. The number of carbonyl (C=O) groups excluding carboxylic acids is 2. The Morgan fingerprint density at radius 1 is 1.19 bits per heavy atom. The number of rotatable bonds is 3. The first kappa shape index (κ1) is 20.1. The van der Waals surface area contributed by atoms with Gasteiger partial charge in [-0.15, -0.1) is 11.8 Å². The summed E-state index contributed by atoms with van der Waals surface area (Å²) in [6, 6.07) is 9.47. The summed E-state index contributed by atoms with van der Waals surface area (Å²) in [4.78, 5) is 26.7. The van der Waals surface area contributed by atoms with Gasteiger partial charge < -0.3 is 9.64 Å². The lowest BCUT2D eigenvalue weighted by atomic mass is 10.0. The van der Waals surface area contributed by atoms with Crippen LogP contribution in [-0.2, 0) is 9.53 Å². The molecule has 0 fully saturated rings. The molecule has 0 spiro atoms. The Morgan fingerprint density at radius 3 is 2.38 bits per heavy atom. The SMILES string of the molecule is CC1=C(NC(=O)OC(C)(C)C)SC(C)C=C1C(=O)N(C)c1ccccc1. The maximum absolute atomic E-state index is 13.0. The van der Waals surface area contributed by atoms with Gasteiger partial charge in [-0.25, -0.2) is 4.79 Å². The fraction of sp³-hybridized carbons (Fsp3) is 0.400. The highest BCUT2D eigenvalue weighted by atomic mass is 32.2. The number of nitrogens with one attached hydrogen (secondary N) is 1. The first-order valence-electron chi connectivity index (χ1n) is 8.51. The second kappa shape index (κ2) is 7.99. The van der Waals surface area contributed by atoms with Crippen LogP contribution in [0.25, 0.3) is 0 Å². The number of benzene rings is 1. The fourth-order valence-corrected chi connectivity index (χ4v) is 3.50. The van der Waals surface area contributed by atoms with Crippen LogP contribution in [0.4, 0.5) is 10.5 Å². The predicted molar refractivity (Wildman–Crippen MR) is 107 cm³/mol. The fourth-order valence-electron chi connectivity index (χ4n) is 2.49. The zero-order valence-corrected chi connectivity index (χ0v) is 16.9. The molecule has 2 rings (SSSR count). The molecule has 0 bridgehead atoms. The standard InChI is InChI=1S/C20H26N2O3S/c1-13-12-16(18(23)22(6)15-10-8-7-9-11-15)14(2)17(26-13)21-19(24)25-20(3,4)5/h7-13H,1-6H3,(H,21,24). The highest BCUT2D eigenvalue weighted by Gasteiger charge is 2.27. The lowest BCUT2D eigenvalue weighted by molar-refractivity contribution is -0.114. The van der Waals surface area contributed by atoms with Crippen LogP contribution in [0.15, 0.2) is 52.6 Å². The van der Waals surface area contributed by atoms with Crippen LogP contribution < -0.4 is 10.2 Å². The molecule has 1 aromatic rings. The Kier molecular flexibility index (Phi) is 6.18. The average Bonchev–Trinajstić information content (AvgIpc) is 2.55. The third-order valence-corrected chi connectivity index (χ3v) is 4.89. The molecule has 5 nitrogen and oxygen atoms in total. The van der Waals surface area contributed by atoms with Crippen molar-refractivity contribution in [1.82, 2.24) is 5.32 Å². The van der Waals surface area contributed by atoms with Gasteiger partial charge in [0.15, 0.2) is 0 Å². The van der Waals surface area contributed by atoms with Crippen molar-refractivity contribution in [3.05, 3.63) is 52.6 Å². The highest BCUT2D eigenvalue weighted by Crippen LogP contribution is 2.34. The van der Waals surface area contributed by atoms with Crippen LogP contribution >= 0.6 is 11.8 Å². The Balaban J connectivity index is 2.23. The molecule has 1 heterocycles. The van der Waals surface area contributed by atoms with Crippen molar-refractivity contribution in [2.24, 2.45) is 0 Å². The molecule has 1 unspecified atom stereocenters. The first-order valence-corrected chi connectivity index (χ1v) is 9.39. The largest absolute Gasteiger partial charge is 0.444 e. The Bertz CT molecular complexity index is 748. The van der Waals surface area contributed by atoms with Gasteiger partial charge in [0.1, 0.15) is 5.60 Å². The van der Waals surface area contributed by atoms with Crippen LogP contribution in [0.1, 0.15) is 34.6 Å². The molecule has 0 aliphatic carbocycles. The van der Waals surface area contributed by atoms with Crippen LogP contribution in [0, 0.1) is 0 Å². The van der Waals surface area contributed by atoms with Gasteiger partial charge in [0.25, 0.3) is 5.91 Å². The molecular weight excluding hydrogens is 348 g/mol. The summed E-state index contributed by atoms with van der Waals surface area (Å²) in [6.45, 7) is 9.27. The topological polar surface area (TPSA) is 58.6 Å². The third kappa shape index (κ3) is 5.14. The zero-order chi connectivity index (χ0) is 19.5. The lowest BCUT2D eigenvalue weighted by Crippen LogP contribution is -2.34. The molecule has 1 aliphatic heterocycles. The molecule has 0 saturated heterocycles. The molecule has 1 aromatic carbocycles. The van der Waals surface area contributed by atoms with Crippen LogP contribution in [0.2, 0.25) is 0 Å². The van der Waals surface area contributed by atoms with E-state index in [1.54, 1.807) is 11.9 Å². The molecule has 0 saturated carbocycles. The molecule has 6 heteroatoms. The Labute approximate surface area is 159 Å². The van der Waals surface area contributed by atoms with Gasteiger partial charge in [-0.05, 0) is 52.3 Å². The summed E-state index contributed by atoms with van der Waals surface area (Å²) < 4.78 is 5.32. The summed E-state index contributed by atoms with van der Waals surface area (Å²) in [5.41, 5.74) is 1.57. The monoisotopic (exact) mass is 374 g/mol. The van der Waals surface area contributed by atoms with E-state index in [9.17, 15) is 9.59 Å². The number of alkyl carbamates (subject to hydrolysis) is 1. The molecule has 0 aromatic heterocycles. The number of hydrogen-bond donors (Lipinski definition) is 1. The van der Waals surface area contributed by atoms with Gasteiger partial charge in [0.05, 0.1) is 5.03 Å². The van der Waals surface area contributed by atoms with E-state index in [1.807, 2.05) is 71.0 Å². The third-order valence-electron chi connectivity index (χ3n) is 3.74. The van der Waals surface area contributed by atoms with Crippen molar-refractivity contribution < 1.29 is 14.3 Å². The van der Waals surface area contributed by atoms with E-state index in [4.69, 9.17) is 4.74 Å². The van der Waals surface area contributed by atoms with E-state index in [1.165, 1.54) is 11.8 Å². The lowest BCUT2D eigenvalue weighted by Gasteiger charge is -2.27. The maximum Gasteiger partial charge on any atom is 0.412 e. The number of hydrogen-bond acceptors (Lipinski definition) is 4. The molecule has 2 amide bonds. The minimum atomic E-state index is -0.578. The summed E-state index contributed by atoms with van der Waals surface area (Å²) in [6.07, 6.45) is 1.42. The van der Waals surface area contributed by atoms with Crippen molar-refractivity contribution in [3.63, 3.8) is 0 Å². The summed E-state index contributed by atoms with van der Waals surface area (Å²) in [5.74, 6) is -0.107. The van der Waals surface area contributed by atoms with Gasteiger partial charge >= 0.3 is 6.09 Å². The number of para-hydroxylation sites is 1. The summed E-state index contributed by atoms with van der Waals surface area (Å²) >= 11 is 1.50. The molecule has 26 heavy (non-hydrogen) atoms. The minimum absolute atomic E-state index is 0.0618. The number of carbonyl (C=O) groups is 2. The maximum atomic E-state index is 13.0. The minimum Gasteiger partial charge on any atom is -0.444 e. The number of anilines is 1. The Morgan fingerprint density at radius 2 is 1.81 bits per heavy atom. The number of nitrogens with zero attached hydrogens (tertiary/aromatic N) is 1. The number of ether oxygens (including phenoxy) is 1. The van der Waals surface area contributed by atoms with Crippen LogP contribution in [0.5, 0.6) is 0 Å². The van der Waals surface area contributed by atoms with E-state index >= 15 is 0 Å². The number of likely N-dealkylation sites (N-methyl/N-ethyl adjacent to an activating group) is 1. The second-order valence-electron chi connectivity index (χ2n) is 7.18. The Hall–Kier alpha value is -2.21. The normalized spacial score (nSPS) is 17.5. The molecule has 1 N–H and O–H groups in total. The molecule has 140 valence electrons. The first-order chi connectivity index (χ1) is 12.1. The van der Waals surface area contributed by atoms with E-state index in [2.05, 4.69) is 5.32 Å². The van der Waals surface area contributed by atoms with Crippen molar-refractivity contribution in [1.29, 1.82) is 0 Å². The van der Waals surface area contributed by atoms with E-state index in [0.717, 1.165) is 11.3 Å². The van der Waals surface area contributed by atoms with E-state index in [-0.39, 0.29) is 11.2 Å². The smallest absolute Gasteiger partial charge is 0.412 e. The van der Waals surface area contributed by atoms with Crippen molar-refractivity contribution in [3.8, 4) is 0 Å². The van der Waals surface area contributed by atoms with Gasteiger partial charge in [0, 0.05) is 23.6 Å². The van der Waals surface area contributed by atoms with Gasteiger partial charge in [0.2, 0.25) is 0 Å². The van der Waals surface area contributed by atoms with Gasteiger partial charge in [-0.2, -0.15) is 0 Å². The van der Waals surface area contributed by atoms with E-state index in [0.29, 0.717) is 10.6 Å². The van der Waals surface area contributed by atoms with Crippen molar-refractivity contribution in [2.75, 3.05) is 11.9 Å². The average molecular weight is 375 g/mol. The van der Waals surface area contributed by atoms with Gasteiger partial charge in [-0.3, -0.25) is 10.1 Å². The van der Waals surface area contributed by atoms with Crippen molar-refractivity contribution in [2.45, 2.75) is 45.5 Å². The molecule has 1 atom stereocenters. The van der Waals surface area contributed by atoms with Gasteiger partial charge in [-0.1, -0.05) is 24.3 Å². The summed E-state index contributed by atoms with van der Waals surface area (Å²) in [7, 11) is 1.75. The molecule has 1 aliphatic rings. The van der Waals surface area contributed by atoms with E-state index < -0.39 is 11.7 Å². The number of thioether (sulfide) groups is 1. The second-order valence-corrected chi connectivity index (χ2v) is 8.57.